The van der Waals surface area contributed by atoms with Crippen molar-refractivity contribution in [2.45, 2.75) is 39.2 Å². The van der Waals surface area contributed by atoms with Crippen LogP contribution in [0.4, 0.5) is 11.6 Å². The van der Waals surface area contributed by atoms with Crippen LogP contribution in [0.25, 0.3) is 0 Å². The second kappa shape index (κ2) is 4.90. The average Bonchev–Trinajstić information content (AvgIpc) is 2.82. The standard InChI is InChI=1S/C18H19N3O/c1-11-7-15-14(17(22)8-11)10-19-18(20-15)21-12(2)9-13-5-3-4-6-16(13)21/h3-6,10-12H,7-9H2,1-2H3/t11-,12-/m0/s1. The van der Waals surface area contributed by atoms with Crippen LogP contribution in [-0.4, -0.2) is 21.8 Å². The number of benzene rings is 1. The van der Waals surface area contributed by atoms with Gasteiger partial charge in [-0.2, -0.15) is 0 Å². The summed E-state index contributed by atoms with van der Waals surface area (Å²) >= 11 is 0. The molecule has 1 aromatic heterocycles. The highest BCUT2D eigenvalue weighted by Crippen LogP contribution is 2.37. The number of hydrogen-bond acceptors (Lipinski definition) is 4. The Morgan fingerprint density at radius 1 is 1.14 bits per heavy atom. The number of carbonyl (C=O) groups is 1. The number of aromatic nitrogens is 2. The quantitative estimate of drug-likeness (QED) is 0.809. The van der Waals surface area contributed by atoms with Crippen molar-refractivity contribution < 1.29 is 4.79 Å². The van der Waals surface area contributed by atoms with Crippen LogP contribution in [0.15, 0.2) is 30.5 Å². The maximum absolute atomic E-state index is 12.1. The minimum absolute atomic E-state index is 0.176. The van der Waals surface area contributed by atoms with Gasteiger partial charge in [-0.05, 0) is 37.3 Å². The SMILES string of the molecule is C[C@@H]1CC(=O)c2cnc(N3c4ccccc4C[C@@H]3C)nc2C1. The molecule has 4 heteroatoms. The Labute approximate surface area is 130 Å². The summed E-state index contributed by atoms with van der Waals surface area (Å²) in [6.07, 6.45) is 4.20. The molecule has 4 nitrogen and oxygen atoms in total. The normalized spacial score (nSPS) is 23.4. The molecule has 0 unspecified atom stereocenters. The van der Waals surface area contributed by atoms with Crippen LogP contribution in [0.5, 0.6) is 0 Å². The first-order chi connectivity index (χ1) is 10.6. The molecular weight excluding hydrogens is 274 g/mol. The van der Waals surface area contributed by atoms with Gasteiger partial charge in [0, 0.05) is 24.3 Å². The van der Waals surface area contributed by atoms with Crippen molar-refractivity contribution in [2.24, 2.45) is 5.92 Å². The lowest BCUT2D eigenvalue weighted by atomic mass is 9.88. The Kier molecular flexibility index (Phi) is 2.99. The Morgan fingerprint density at radius 2 is 1.95 bits per heavy atom. The fraction of sp³-hybridized carbons (Fsp3) is 0.389. The van der Waals surface area contributed by atoms with E-state index in [0.29, 0.717) is 23.9 Å². The van der Waals surface area contributed by atoms with Gasteiger partial charge in [0.05, 0.1) is 11.3 Å². The Balaban J connectivity index is 1.78. The van der Waals surface area contributed by atoms with Gasteiger partial charge in [0.1, 0.15) is 0 Å². The smallest absolute Gasteiger partial charge is 0.230 e. The zero-order valence-electron chi connectivity index (χ0n) is 12.9. The molecule has 0 saturated heterocycles. The summed E-state index contributed by atoms with van der Waals surface area (Å²) in [5, 5.41) is 0. The second-order valence-corrected chi connectivity index (χ2v) is 6.52. The summed E-state index contributed by atoms with van der Waals surface area (Å²) < 4.78 is 0. The number of para-hydroxylation sites is 1. The van der Waals surface area contributed by atoms with E-state index >= 15 is 0 Å². The van der Waals surface area contributed by atoms with E-state index in [1.807, 2.05) is 6.07 Å². The third-order valence-electron chi connectivity index (χ3n) is 4.65. The molecule has 2 heterocycles. The van der Waals surface area contributed by atoms with Gasteiger partial charge < -0.3 is 4.90 Å². The largest absolute Gasteiger partial charge is 0.307 e. The van der Waals surface area contributed by atoms with Crippen molar-refractivity contribution in [2.75, 3.05) is 4.90 Å². The van der Waals surface area contributed by atoms with Crippen LogP contribution in [0.1, 0.15) is 41.9 Å². The highest BCUT2D eigenvalue weighted by Gasteiger charge is 2.31. The minimum atomic E-state index is 0.176. The predicted molar refractivity (Wildman–Crippen MR) is 85.6 cm³/mol. The average molecular weight is 293 g/mol. The molecule has 0 saturated carbocycles. The summed E-state index contributed by atoms with van der Waals surface area (Å²) in [7, 11) is 0. The maximum atomic E-state index is 12.1. The molecule has 0 amide bonds. The molecular formula is C18H19N3O. The monoisotopic (exact) mass is 293 g/mol. The van der Waals surface area contributed by atoms with Gasteiger partial charge in [-0.3, -0.25) is 4.79 Å². The summed E-state index contributed by atoms with van der Waals surface area (Å²) in [5.41, 5.74) is 4.14. The van der Waals surface area contributed by atoms with Crippen LogP contribution in [0.3, 0.4) is 0 Å². The number of fused-ring (bicyclic) bond motifs is 2. The van der Waals surface area contributed by atoms with E-state index in [1.54, 1.807) is 6.20 Å². The van der Waals surface area contributed by atoms with Crippen LogP contribution in [0.2, 0.25) is 0 Å². The Bertz CT molecular complexity index is 756. The fourth-order valence-electron chi connectivity index (χ4n) is 3.61. The second-order valence-electron chi connectivity index (χ2n) is 6.52. The highest BCUT2D eigenvalue weighted by molar-refractivity contribution is 5.98. The van der Waals surface area contributed by atoms with Crippen molar-refractivity contribution in [3.05, 3.63) is 47.3 Å². The molecule has 1 aliphatic carbocycles. The molecule has 2 aliphatic rings. The number of Topliss-reactive ketones (excluding diaryl/α,β-unsaturated/α-hetero) is 1. The molecule has 0 fully saturated rings. The topological polar surface area (TPSA) is 46.1 Å². The van der Waals surface area contributed by atoms with Gasteiger partial charge >= 0.3 is 0 Å². The van der Waals surface area contributed by atoms with Crippen LogP contribution in [-0.2, 0) is 12.8 Å². The fourth-order valence-corrected chi connectivity index (χ4v) is 3.61. The summed E-state index contributed by atoms with van der Waals surface area (Å²) in [6, 6.07) is 8.74. The first-order valence-corrected chi connectivity index (χ1v) is 7.89. The Morgan fingerprint density at radius 3 is 2.82 bits per heavy atom. The van der Waals surface area contributed by atoms with Gasteiger partial charge in [0.25, 0.3) is 0 Å². The zero-order valence-corrected chi connectivity index (χ0v) is 12.9. The highest BCUT2D eigenvalue weighted by atomic mass is 16.1. The van der Waals surface area contributed by atoms with Gasteiger partial charge in [-0.25, -0.2) is 9.97 Å². The number of nitrogens with zero attached hydrogens (tertiary/aromatic N) is 3. The molecule has 0 spiro atoms. The van der Waals surface area contributed by atoms with Crippen LogP contribution >= 0.6 is 0 Å². The lowest BCUT2D eigenvalue weighted by Gasteiger charge is -2.25. The van der Waals surface area contributed by atoms with E-state index in [9.17, 15) is 4.79 Å². The molecule has 1 aromatic carbocycles. The maximum Gasteiger partial charge on any atom is 0.230 e. The summed E-state index contributed by atoms with van der Waals surface area (Å²) in [5.74, 6) is 1.26. The number of rotatable bonds is 1. The number of carbonyl (C=O) groups excluding carboxylic acids is 1. The van der Waals surface area contributed by atoms with Crippen molar-refractivity contribution in [3.8, 4) is 0 Å². The summed E-state index contributed by atoms with van der Waals surface area (Å²) in [4.78, 5) is 23.5. The van der Waals surface area contributed by atoms with E-state index in [2.05, 4.69) is 41.9 Å². The van der Waals surface area contributed by atoms with E-state index in [4.69, 9.17) is 4.98 Å². The molecule has 0 bridgehead atoms. The van der Waals surface area contributed by atoms with Crippen LogP contribution < -0.4 is 4.90 Å². The van der Waals surface area contributed by atoms with Crippen molar-refractivity contribution in [1.82, 2.24) is 9.97 Å². The molecule has 1 aliphatic heterocycles. The van der Waals surface area contributed by atoms with E-state index in [0.717, 1.165) is 24.5 Å². The number of anilines is 2. The first-order valence-electron chi connectivity index (χ1n) is 7.89. The Hall–Kier alpha value is -2.23. The molecule has 0 N–H and O–H groups in total. The number of ketones is 1. The molecule has 2 aromatic rings. The van der Waals surface area contributed by atoms with Gasteiger partial charge in [0.15, 0.2) is 5.78 Å². The molecule has 2 atom stereocenters. The van der Waals surface area contributed by atoms with E-state index in [-0.39, 0.29) is 5.78 Å². The van der Waals surface area contributed by atoms with Gasteiger partial charge in [-0.15, -0.1) is 0 Å². The molecule has 4 rings (SSSR count). The van der Waals surface area contributed by atoms with Gasteiger partial charge in [-0.1, -0.05) is 25.1 Å². The lowest BCUT2D eigenvalue weighted by Crippen LogP contribution is -2.28. The summed E-state index contributed by atoms with van der Waals surface area (Å²) in [6.45, 7) is 4.30. The third-order valence-corrected chi connectivity index (χ3v) is 4.65. The predicted octanol–water partition coefficient (Wildman–Crippen LogP) is 3.32. The van der Waals surface area contributed by atoms with Gasteiger partial charge in [0.2, 0.25) is 5.95 Å². The van der Waals surface area contributed by atoms with E-state index < -0.39 is 0 Å². The van der Waals surface area contributed by atoms with Crippen molar-refractivity contribution in [3.63, 3.8) is 0 Å². The lowest BCUT2D eigenvalue weighted by molar-refractivity contribution is 0.0951. The van der Waals surface area contributed by atoms with Crippen LogP contribution in [0, 0.1) is 5.92 Å². The van der Waals surface area contributed by atoms with E-state index in [1.165, 1.54) is 11.3 Å². The zero-order chi connectivity index (χ0) is 15.3. The minimum Gasteiger partial charge on any atom is -0.307 e. The number of hydrogen-bond donors (Lipinski definition) is 0. The third kappa shape index (κ3) is 2.02. The first kappa shape index (κ1) is 13.4. The molecule has 0 radical (unpaired) electrons. The van der Waals surface area contributed by atoms with Crippen molar-refractivity contribution in [1.29, 1.82) is 0 Å². The van der Waals surface area contributed by atoms with Crippen molar-refractivity contribution >= 4 is 17.4 Å². The molecule has 112 valence electrons. The molecule has 22 heavy (non-hydrogen) atoms.